The number of thioether (sulfide) groups is 1. The molecule has 0 amide bonds. The van der Waals surface area contributed by atoms with Gasteiger partial charge in [-0.2, -0.15) is 11.8 Å². The molecule has 0 saturated heterocycles. The minimum Gasteiger partial charge on any atom is -0.394 e. The number of aliphatic hydroxyl groups is 2. The molecule has 47 heavy (non-hydrogen) atoms. The number of hydrogen-bond acceptors (Lipinski definition) is 7. The van der Waals surface area contributed by atoms with E-state index < -0.39 is 27.1 Å². The molecule has 9 heteroatoms. The zero-order chi connectivity index (χ0) is 34.5. The lowest BCUT2D eigenvalue weighted by molar-refractivity contribution is 0.00809. The van der Waals surface area contributed by atoms with Crippen LogP contribution < -0.4 is 0 Å². The molecule has 282 valence electrons. The maximum absolute atomic E-state index is 12.2. The molecule has 0 heterocycles. The van der Waals surface area contributed by atoms with Crippen LogP contribution in [0.4, 0.5) is 0 Å². The average molecular weight is 709 g/mol. The number of phosphoric acid groups is 1. The number of rotatable bonds is 39. The molecule has 0 rings (SSSR count). The van der Waals surface area contributed by atoms with Gasteiger partial charge in [-0.3, -0.25) is 9.05 Å². The predicted octanol–water partition coefficient (Wildman–Crippen LogP) is 11.3. The van der Waals surface area contributed by atoms with Gasteiger partial charge in [-0.25, -0.2) is 4.57 Å². The third-order valence-corrected chi connectivity index (χ3v) is 10.7. The summed E-state index contributed by atoms with van der Waals surface area (Å²) in [5.41, 5.74) is 0. The molecular formula is C38H77O7PS. The Hall–Kier alpha value is 0.0800. The van der Waals surface area contributed by atoms with Crippen molar-refractivity contribution in [2.24, 2.45) is 0 Å². The summed E-state index contributed by atoms with van der Waals surface area (Å²) in [6, 6.07) is 0. The lowest BCUT2D eigenvalue weighted by Crippen LogP contribution is -2.24. The Balaban J connectivity index is 4.06. The minimum absolute atomic E-state index is 0.0408. The summed E-state index contributed by atoms with van der Waals surface area (Å²) in [6.07, 6.45) is 36.9. The number of unbranched alkanes of at least 4 members (excludes halogenated alkanes) is 23. The first-order chi connectivity index (χ1) is 22.9. The molecule has 0 radical (unpaired) electrons. The van der Waals surface area contributed by atoms with E-state index in [1.807, 2.05) is 11.8 Å². The van der Waals surface area contributed by atoms with E-state index in [1.54, 1.807) is 0 Å². The summed E-state index contributed by atoms with van der Waals surface area (Å²) in [7, 11) is -4.33. The van der Waals surface area contributed by atoms with E-state index in [0.29, 0.717) is 12.4 Å². The van der Waals surface area contributed by atoms with Crippen LogP contribution >= 0.6 is 19.6 Å². The summed E-state index contributed by atoms with van der Waals surface area (Å²) in [5, 5.41) is 18.3. The molecule has 0 saturated carbocycles. The molecule has 3 N–H and O–H groups in total. The Labute approximate surface area is 295 Å². The van der Waals surface area contributed by atoms with Gasteiger partial charge in [-0.15, -0.1) is 0 Å². The van der Waals surface area contributed by atoms with Gasteiger partial charge in [0.15, 0.2) is 0 Å². The summed E-state index contributed by atoms with van der Waals surface area (Å²) >= 11 is 1.81. The van der Waals surface area contributed by atoms with Gasteiger partial charge in [0.1, 0.15) is 6.10 Å². The van der Waals surface area contributed by atoms with Crippen molar-refractivity contribution in [3.63, 3.8) is 0 Å². The minimum atomic E-state index is -4.33. The molecule has 0 spiro atoms. The third kappa shape index (κ3) is 37.2. The van der Waals surface area contributed by atoms with Crippen molar-refractivity contribution in [1.29, 1.82) is 0 Å². The Kier molecular flexibility index (Phi) is 37.4. The van der Waals surface area contributed by atoms with Crippen LogP contribution in [0.5, 0.6) is 0 Å². The van der Waals surface area contributed by atoms with Gasteiger partial charge in [0.2, 0.25) is 0 Å². The fourth-order valence-corrected chi connectivity index (χ4v) is 7.27. The second-order valence-corrected chi connectivity index (χ2v) is 15.9. The predicted molar refractivity (Wildman–Crippen MR) is 202 cm³/mol. The largest absolute Gasteiger partial charge is 0.472 e. The van der Waals surface area contributed by atoms with Gasteiger partial charge in [-0.1, -0.05) is 154 Å². The quantitative estimate of drug-likeness (QED) is 0.0329. The molecule has 3 unspecified atom stereocenters. The van der Waals surface area contributed by atoms with Gasteiger partial charge in [0.05, 0.1) is 25.9 Å². The highest BCUT2D eigenvalue weighted by molar-refractivity contribution is 7.99. The van der Waals surface area contributed by atoms with Crippen LogP contribution in [0, 0.1) is 0 Å². The standard InChI is InChI=1S/C38H77O7PS/c1-3-5-7-9-11-13-15-17-19-21-23-25-27-29-31-43-38(35-45-46(41,42)44-34-37(40)33-39)36-47-32-30-28-26-24-22-20-18-16-14-12-10-8-6-4-2/h13,15,37-40H,3-12,14,16-36H2,1-2H3,(H,41,42)/b15-13-. The lowest BCUT2D eigenvalue weighted by Gasteiger charge is -2.20. The van der Waals surface area contributed by atoms with Crippen molar-refractivity contribution in [3.8, 4) is 0 Å². The van der Waals surface area contributed by atoms with Gasteiger partial charge < -0.3 is 19.8 Å². The molecule has 7 nitrogen and oxygen atoms in total. The zero-order valence-electron chi connectivity index (χ0n) is 30.8. The van der Waals surface area contributed by atoms with Crippen molar-refractivity contribution in [3.05, 3.63) is 12.2 Å². The molecule has 0 bridgehead atoms. The first-order valence-corrected chi connectivity index (χ1v) is 22.3. The molecular weight excluding hydrogens is 631 g/mol. The molecule has 0 aromatic rings. The third-order valence-electron chi connectivity index (χ3n) is 8.52. The summed E-state index contributed by atoms with van der Waals surface area (Å²) < 4.78 is 28.3. The van der Waals surface area contributed by atoms with Crippen molar-refractivity contribution >= 4 is 19.6 Å². The van der Waals surface area contributed by atoms with E-state index in [0.717, 1.165) is 18.6 Å². The highest BCUT2D eigenvalue weighted by Crippen LogP contribution is 2.43. The highest BCUT2D eigenvalue weighted by atomic mass is 32.2. The topological polar surface area (TPSA) is 105 Å². The Bertz CT molecular complexity index is 697. The van der Waals surface area contributed by atoms with Gasteiger partial charge in [0.25, 0.3) is 0 Å². The van der Waals surface area contributed by atoms with Gasteiger partial charge >= 0.3 is 7.82 Å². The summed E-state index contributed by atoms with van der Waals surface area (Å²) in [6.45, 7) is 4.09. The van der Waals surface area contributed by atoms with Gasteiger partial charge in [-0.05, 0) is 44.3 Å². The van der Waals surface area contributed by atoms with Crippen LogP contribution in [0.3, 0.4) is 0 Å². The van der Waals surface area contributed by atoms with Crippen LogP contribution in [-0.4, -0.2) is 65.2 Å². The molecule has 0 fully saturated rings. The Morgan fingerprint density at radius 2 is 1.04 bits per heavy atom. The van der Waals surface area contributed by atoms with Crippen molar-refractivity contribution < 1.29 is 33.5 Å². The molecule has 3 atom stereocenters. The average Bonchev–Trinajstić information content (AvgIpc) is 3.07. The van der Waals surface area contributed by atoms with E-state index in [9.17, 15) is 14.6 Å². The summed E-state index contributed by atoms with van der Waals surface area (Å²) in [4.78, 5) is 9.98. The second kappa shape index (κ2) is 37.3. The Morgan fingerprint density at radius 3 is 1.55 bits per heavy atom. The maximum atomic E-state index is 12.2. The van der Waals surface area contributed by atoms with Crippen molar-refractivity contribution in [1.82, 2.24) is 0 Å². The van der Waals surface area contributed by atoms with Crippen molar-refractivity contribution in [2.75, 3.05) is 37.9 Å². The maximum Gasteiger partial charge on any atom is 0.472 e. The van der Waals surface area contributed by atoms with Crippen molar-refractivity contribution in [2.45, 2.75) is 193 Å². The molecule has 0 aromatic carbocycles. The first kappa shape index (κ1) is 47.1. The highest BCUT2D eigenvalue weighted by Gasteiger charge is 2.25. The fourth-order valence-electron chi connectivity index (χ4n) is 5.45. The number of aliphatic hydroxyl groups excluding tert-OH is 2. The molecule has 0 aromatic heterocycles. The first-order valence-electron chi connectivity index (χ1n) is 19.7. The molecule has 0 aliphatic carbocycles. The molecule has 0 aliphatic rings. The van der Waals surface area contributed by atoms with Crippen LogP contribution in [0.1, 0.15) is 181 Å². The second-order valence-electron chi connectivity index (χ2n) is 13.3. The van der Waals surface area contributed by atoms with Crippen LogP contribution in [0.15, 0.2) is 12.2 Å². The lowest BCUT2D eigenvalue weighted by atomic mass is 10.0. The van der Waals surface area contributed by atoms with Gasteiger partial charge in [0, 0.05) is 12.4 Å². The van der Waals surface area contributed by atoms with E-state index in [4.69, 9.17) is 18.9 Å². The smallest absolute Gasteiger partial charge is 0.394 e. The number of allylic oxidation sites excluding steroid dienone is 2. The fraction of sp³-hybridized carbons (Fsp3) is 0.947. The number of phosphoric ester groups is 1. The van der Waals surface area contributed by atoms with E-state index >= 15 is 0 Å². The normalized spacial score (nSPS) is 14.6. The number of ether oxygens (including phenoxy) is 1. The zero-order valence-corrected chi connectivity index (χ0v) is 32.5. The van der Waals surface area contributed by atoms with Crippen LogP contribution in [-0.2, 0) is 18.3 Å². The summed E-state index contributed by atoms with van der Waals surface area (Å²) in [5.74, 6) is 1.74. The van der Waals surface area contributed by atoms with Crippen LogP contribution in [0.25, 0.3) is 0 Å². The van der Waals surface area contributed by atoms with E-state index in [-0.39, 0.29) is 12.7 Å². The monoisotopic (exact) mass is 709 g/mol. The van der Waals surface area contributed by atoms with E-state index in [1.165, 1.54) is 154 Å². The van der Waals surface area contributed by atoms with Crippen LogP contribution in [0.2, 0.25) is 0 Å². The van der Waals surface area contributed by atoms with E-state index in [2.05, 4.69) is 26.0 Å². The SMILES string of the molecule is CCCCCC/C=C\CCCCCCCCOC(COP(=O)(O)OCC(O)CO)CSCCCCCCCCCCCCCCCC. The Morgan fingerprint density at radius 1 is 0.617 bits per heavy atom. The molecule has 0 aliphatic heterocycles. The number of hydrogen-bond donors (Lipinski definition) is 3.